The number of hydrogen-bond donors (Lipinski definition) is 0. The van der Waals surface area contributed by atoms with Crippen LogP contribution in [0.2, 0.25) is 0 Å². The molecule has 0 spiro atoms. The normalized spacial score (nSPS) is 25.4. The van der Waals surface area contributed by atoms with Crippen LogP contribution in [0.4, 0.5) is 0 Å². The summed E-state index contributed by atoms with van der Waals surface area (Å²) in [7, 11) is 3.44. The first kappa shape index (κ1) is 42.5. The largest absolute Gasteiger partial charge is 0.497 e. The van der Waals surface area contributed by atoms with Crippen molar-refractivity contribution in [3.05, 3.63) is 133 Å². The molecular weight excluding hydrogens is 821 g/mol. The van der Waals surface area contributed by atoms with Gasteiger partial charge in [0, 0.05) is 52.9 Å². The summed E-state index contributed by atoms with van der Waals surface area (Å²) in [5, 5.41) is 2.02. The first-order chi connectivity index (χ1) is 32.5. The van der Waals surface area contributed by atoms with Gasteiger partial charge in [-0.2, -0.15) is 9.97 Å². The maximum Gasteiger partial charge on any atom is 0.229 e. The fourth-order valence-electron chi connectivity index (χ4n) is 12.1. The maximum absolute atomic E-state index is 7.76. The Bertz CT molecular complexity index is 2680. The van der Waals surface area contributed by atoms with Crippen LogP contribution in [-0.4, -0.2) is 82.2 Å². The molecule has 2 unspecified atom stereocenters. The van der Waals surface area contributed by atoms with Crippen LogP contribution in [0.5, 0.6) is 23.3 Å². The van der Waals surface area contributed by atoms with E-state index >= 15 is 0 Å². The van der Waals surface area contributed by atoms with Crippen molar-refractivity contribution in [1.82, 2.24) is 29.7 Å². The van der Waals surface area contributed by atoms with Crippen LogP contribution in [0.1, 0.15) is 75.7 Å². The molecule has 338 valence electrons. The number of benzene rings is 4. The van der Waals surface area contributed by atoms with E-state index in [0.717, 1.165) is 100 Å². The van der Waals surface area contributed by atoms with Gasteiger partial charge in [-0.3, -0.25) is 19.8 Å². The van der Waals surface area contributed by atoms with Gasteiger partial charge in [0.1, 0.15) is 29.3 Å². The number of aromatic nitrogens is 4. The first-order valence-corrected chi connectivity index (χ1v) is 24.2. The lowest BCUT2D eigenvalue weighted by Gasteiger charge is -2.52. The van der Waals surface area contributed by atoms with E-state index in [1.807, 2.05) is 54.9 Å². The third-order valence-electron chi connectivity index (χ3n) is 15.6. The number of methoxy groups -OCH3 is 2. The molecule has 4 aromatic carbocycles. The molecule has 10 nitrogen and oxygen atoms in total. The summed E-state index contributed by atoms with van der Waals surface area (Å²) in [5.74, 6) is 5.70. The quantitative estimate of drug-likeness (QED) is 0.105. The van der Waals surface area contributed by atoms with Crippen molar-refractivity contribution >= 4 is 21.8 Å². The van der Waals surface area contributed by atoms with Crippen LogP contribution in [-0.2, 0) is 0 Å². The zero-order chi connectivity index (χ0) is 44.7. The standard InChI is InChI=1S/C56H60N6O4/c1-5-35-33-61-27-23-39(35)29-49(61)52(43-21-25-57-47-19-17-41(63-3)31-45(43)47)65-55-51(37-13-9-7-10-14-37)56(60-54(59-55)38-15-11-8-12-16-38)66-53(50-30-40-24-28-62(50)34-36(40)6-2)44-22-26-58-48-20-18-42(64-4)32-46(44)48/h7-22,25-26,31-32,35-36,39-40,49-50,52-53H,5-6,23-24,27-30,33-34H2,1-4H3/t35-,36-,39-,40+,49-,50-,52+,53+/m0/s1. The molecule has 10 heteroatoms. The van der Waals surface area contributed by atoms with Crippen LogP contribution in [0.15, 0.2) is 122 Å². The summed E-state index contributed by atoms with van der Waals surface area (Å²) < 4.78 is 27.2. The van der Waals surface area contributed by atoms with Gasteiger partial charge in [0.15, 0.2) is 5.82 Å². The second-order valence-electron chi connectivity index (χ2n) is 18.9. The molecule has 4 bridgehead atoms. The number of fused-ring (bicyclic) bond motifs is 8. The lowest BCUT2D eigenvalue weighted by atomic mass is 9.72. The SMILES string of the molecule is CC[C@H]1CN2CC[C@@H]1C[C@H]2[C@H](Oc1nc(-c2ccccc2)nc(O[C@H](c2ccnc3ccc(OC)cc23)[C@@H]2C[C@@H]3CCN2C[C@@H]3CC)c1-c1ccccc1)c1ccnc2ccc(OC)cc12. The minimum atomic E-state index is -0.393. The molecule has 0 N–H and O–H groups in total. The Morgan fingerprint density at radius 2 is 1.05 bits per heavy atom. The number of nitrogens with zero attached hydrogens (tertiary/aromatic N) is 6. The summed E-state index contributed by atoms with van der Waals surface area (Å²) in [5.41, 5.74) is 6.48. The molecule has 13 rings (SSSR count). The highest BCUT2D eigenvalue weighted by molar-refractivity contribution is 5.85. The Kier molecular flexibility index (Phi) is 11.8. The van der Waals surface area contributed by atoms with Crippen molar-refractivity contribution in [1.29, 1.82) is 0 Å². The third kappa shape index (κ3) is 7.91. The highest BCUT2D eigenvalue weighted by atomic mass is 16.5. The molecular formula is C56H60N6O4. The predicted octanol–water partition coefficient (Wildman–Crippen LogP) is 11.4. The fourth-order valence-corrected chi connectivity index (χ4v) is 12.1. The third-order valence-corrected chi connectivity index (χ3v) is 15.6. The molecule has 3 aromatic heterocycles. The lowest BCUT2D eigenvalue weighted by Crippen LogP contribution is -2.56. The van der Waals surface area contributed by atoms with Gasteiger partial charge in [-0.1, -0.05) is 87.4 Å². The molecule has 0 saturated carbocycles. The Labute approximate surface area is 388 Å². The van der Waals surface area contributed by atoms with Gasteiger partial charge in [-0.05, 0) is 117 Å². The molecule has 9 heterocycles. The Morgan fingerprint density at radius 3 is 1.47 bits per heavy atom. The molecule has 66 heavy (non-hydrogen) atoms. The molecule has 6 aliphatic heterocycles. The lowest BCUT2D eigenvalue weighted by molar-refractivity contribution is -0.0510. The molecule has 7 aromatic rings. The van der Waals surface area contributed by atoms with E-state index in [1.54, 1.807) is 14.2 Å². The van der Waals surface area contributed by atoms with Crippen LogP contribution in [0.3, 0.4) is 0 Å². The number of ether oxygens (including phenoxy) is 4. The van der Waals surface area contributed by atoms with Crippen molar-refractivity contribution in [2.24, 2.45) is 23.7 Å². The Balaban J connectivity index is 1.13. The van der Waals surface area contributed by atoms with Crippen LogP contribution in [0.25, 0.3) is 44.3 Å². The first-order valence-electron chi connectivity index (χ1n) is 24.2. The monoisotopic (exact) mass is 880 g/mol. The van der Waals surface area contributed by atoms with Gasteiger partial charge in [-0.15, -0.1) is 0 Å². The summed E-state index contributed by atoms with van der Waals surface area (Å²) in [6, 6.07) is 37.4. The van der Waals surface area contributed by atoms with Crippen molar-refractivity contribution in [2.45, 2.75) is 76.7 Å². The molecule has 6 aliphatic rings. The number of piperidine rings is 6. The highest BCUT2D eigenvalue weighted by Gasteiger charge is 2.47. The molecule has 0 amide bonds. The van der Waals surface area contributed by atoms with Gasteiger partial charge >= 0.3 is 0 Å². The zero-order valence-electron chi connectivity index (χ0n) is 38.6. The van der Waals surface area contributed by atoms with Crippen molar-refractivity contribution < 1.29 is 18.9 Å². The summed E-state index contributed by atoms with van der Waals surface area (Å²) in [6.07, 6.45) is 9.90. The smallest absolute Gasteiger partial charge is 0.229 e. The van der Waals surface area contributed by atoms with Gasteiger partial charge < -0.3 is 18.9 Å². The summed E-state index contributed by atoms with van der Waals surface area (Å²) in [6.45, 7) is 8.88. The van der Waals surface area contributed by atoms with Crippen molar-refractivity contribution in [3.63, 3.8) is 0 Å². The van der Waals surface area contributed by atoms with Crippen LogP contribution in [0, 0.1) is 23.7 Å². The van der Waals surface area contributed by atoms with E-state index in [0.29, 0.717) is 41.3 Å². The molecule has 10 atom stereocenters. The van der Waals surface area contributed by atoms with Gasteiger partial charge in [0.05, 0.1) is 37.3 Å². The number of hydrogen-bond acceptors (Lipinski definition) is 10. The fraction of sp³-hybridized carbons (Fsp3) is 0.393. The average molecular weight is 881 g/mol. The summed E-state index contributed by atoms with van der Waals surface area (Å²) in [4.78, 5) is 26.0. The second-order valence-corrected chi connectivity index (χ2v) is 18.9. The van der Waals surface area contributed by atoms with Crippen molar-refractivity contribution in [2.75, 3.05) is 40.4 Å². The molecule has 6 fully saturated rings. The average Bonchev–Trinajstić information content (AvgIpc) is 3.39. The van der Waals surface area contributed by atoms with E-state index in [1.165, 1.54) is 25.7 Å². The molecule has 0 aliphatic carbocycles. The highest BCUT2D eigenvalue weighted by Crippen LogP contribution is 2.50. The Morgan fingerprint density at radius 1 is 0.576 bits per heavy atom. The molecule has 6 saturated heterocycles. The van der Waals surface area contributed by atoms with E-state index in [2.05, 4.69) is 90.4 Å². The van der Waals surface area contributed by atoms with Crippen molar-refractivity contribution in [3.8, 4) is 45.8 Å². The van der Waals surface area contributed by atoms with Crippen LogP contribution < -0.4 is 18.9 Å². The summed E-state index contributed by atoms with van der Waals surface area (Å²) >= 11 is 0. The predicted molar refractivity (Wildman–Crippen MR) is 260 cm³/mol. The van der Waals surface area contributed by atoms with E-state index in [-0.39, 0.29) is 12.1 Å². The second kappa shape index (κ2) is 18.3. The minimum Gasteiger partial charge on any atom is -0.497 e. The Hall–Kier alpha value is -6.10. The maximum atomic E-state index is 7.76. The number of rotatable bonds is 14. The van der Waals surface area contributed by atoms with E-state index in [9.17, 15) is 0 Å². The topological polar surface area (TPSA) is 95.0 Å². The molecule has 0 radical (unpaired) electrons. The van der Waals surface area contributed by atoms with E-state index < -0.39 is 12.2 Å². The zero-order valence-corrected chi connectivity index (χ0v) is 38.6. The number of pyridine rings is 2. The van der Waals surface area contributed by atoms with Gasteiger partial charge in [-0.25, -0.2) is 0 Å². The van der Waals surface area contributed by atoms with Crippen LogP contribution >= 0.6 is 0 Å². The minimum absolute atomic E-state index is 0.106. The van der Waals surface area contributed by atoms with Gasteiger partial charge in [0.2, 0.25) is 11.8 Å². The van der Waals surface area contributed by atoms with E-state index in [4.69, 9.17) is 38.9 Å². The van der Waals surface area contributed by atoms with Gasteiger partial charge in [0.25, 0.3) is 0 Å².